The third kappa shape index (κ3) is 2.59. The number of alkyl halides is 6. The Kier molecular flexibility index (Phi) is 3.22. The van der Waals surface area contributed by atoms with Crippen molar-refractivity contribution in [2.24, 2.45) is 0 Å². The van der Waals surface area contributed by atoms with Crippen LogP contribution in [0.3, 0.4) is 0 Å². The smallest absolute Gasteiger partial charge is 0.298 e. The summed E-state index contributed by atoms with van der Waals surface area (Å²) in [6, 6.07) is 0.588. The molecule has 0 amide bonds. The molecule has 94 valence electrons. The van der Waals surface area contributed by atoms with E-state index in [1.54, 1.807) is 0 Å². The fraction of sp³-hybridized carbons (Fsp3) is 0.300. The van der Waals surface area contributed by atoms with Crippen LogP contribution in [0.5, 0.6) is 0 Å². The SMILES string of the molecule is Cc1c(C(F)(F)F)ccc(C(F)(F)F)c1C=O. The highest BCUT2D eigenvalue weighted by molar-refractivity contribution is 5.80. The molecule has 0 atom stereocenters. The number of aldehydes is 1. The van der Waals surface area contributed by atoms with Crippen LogP contribution in [-0.2, 0) is 12.4 Å². The number of halogens is 6. The van der Waals surface area contributed by atoms with Crippen molar-refractivity contribution in [2.45, 2.75) is 19.3 Å². The lowest BCUT2D eigenvalue weighted by Gasteiger charge is -2.16. The lowest BCUT2D eigenvalue weighted by atomic mass is 9.97. The number of hydrogen-bond donors (Lipinski definition) is 0. The van der Waals surface area contributed by atoms with Gasteiger partial charge in [-0.2, -0.15) is 26.3 Å². The van der Waals surface area contributed by atoms with Crippen LogP contribution in [-0.4, -0.2) is 6.29 Å². The maximum Gasteiger partial charge on any atom is 0.417 e. The third-order valence-electron chi connectivity index (χ3n) is 2.24. The first-order valence-corrected chi connectivity index (χ1v) is 4.32. The normalized spacial score (nSPS) is 12.6. The first-order chi connectivity index (χ1) is 7.59. The average Bonchev–Trinajstić information content (AvgIpc) is 2.13. The van der Waals surface area contributed by atoms with E-state index in [1.807, 2.05) is 0 Å². The van der Waals surface area contributed by atoms with Crippen molar-refractivity contribution in [3.05, 3.63) is 34.4 Å². The van der Waals surface area contributed by atoms with Crippen molar-refractivity contribution < 1.29 is 31.1 Å². The number of carbonyl (C=O) groups excluding carboxylic acids is 1. The van der Waals surface area contributed by atoms with Gasteiger partial charge in [0.1, 0.15) is 0 Å². The Balaban J connectivity index is 3.54. The summed E-state index contributed by atoms with van der Waals surface area (Å²) in [5, 5.41) is 0. The minimum atomic E-state index is -4.86. The molecule has 0 aliphatic heterocycles. The fourth-order valence-electron chi connectivity index (χ4n) is 1.43. The van der Waals surface area contributed by atoms with Crippen molar-refractivity contribution >= 4 is 6.29 Å². The molecular formula is C10H6F6O. The highest BCUT2D eigenvalue weighted by atomic mass is 19.4. The summed E-state index contributed by atoms with van der Waals surface area (Å²) in [6.45, 7) is 0.835. The minimum Gasteiger partial charge on any atom is -0.298 e. The van der Waals surface area contributed by atoms with Crippen molar-refractivity contribution in [3.63, 3.8) is 0 Å². The molecule has 7 heteroatoms. The van der Waals surface area contributed by atoms with E-state index in [9.17, 15) is 31.1 Å². The standard InChI is InChI=1S/C10H6F6O/c1-5-6(4-17)8(10(14,15)16)3-2-7(5)9(11,12)13/h2-4H,1H3. The van der Waals surface area contributed by atoms with E-state index < -0.39 is 34.6 Å². The summed E-state index contributed by atoms with van der Waals surface area (Å²) < 4.78 is 74.4. The second kappa shape index (κ2) is 4.05. The van der Waals surface area contributed by atoms with Crippen LogP contribution in [0.2, 0.25) is 0 Å². The zero-order valence-corrected chi connectivity index (χ0v) is 8.41. The number of benzene rings is 1. The zero-order valence-electron chi connectivity index (χ0n) is 8.41. The van der Waals surface area contributed by atoms with E-state index in [1.165, 1.54) is 0 Å². The molecule has 0 unspecified atom stereocenters. The summed E-state index contributed by atoms with van der Waals surface area (Å²) in [5.74, 6) is 0. The van der Waals surface area contributed by atoms with Gasteiger partial charge in [0.05, 0.1) is 11.1 Å². The monoisotopic (exact) mass is 256 g/mol. The zero-order chi connectivity index (χ0) is 13.4. The van der Waals surface area contributed by atoms with E-state index in [2.05, 4.69) is 0 Å². The largest absolute Gasteiger partial charge is 0.417 e. The van der Waals surface area contributed by atoms with E-state index in [-0.39, 0.29) is 12.4 Å². The summed E-state index contributed by atoms with van der Waals surface area (Å²) in [6.07, 6.45) is -9.86. The van der Waals surface area contributed by atoms with Crippen LogP contribution >= 0.6 is 0 Å². The summed E-state index contributed by atoms with van der Waals surface area (Å²) in [4.78, 5) is 10.5. The molecular weight excluding hydrogens is 250 g/mol. The van der Waals surface area contributed by atoms with Gasteiger partial charge in [-0.05, 0) is 24.6 Å². The Labute approximate surface area is 92.0 Å². The third-order valence-corrected chi connectivity index (χ3v) is 2.24. The summed E-state index contributed by atoms with van der Waals surface area (Å²) in [7, 11) is 0. The Morgan fingerprint density at radius 1 is 0.941 bits per heavy atom. The molecule has 0 heterocycles. The van der Waals surface area contributed by atoms with Gasteiger partial charge < -0.3 is 0 Å². The molecule has 0 aliphatic rings. The topological polar surface area (TPSA) is 17.1 Å². The first kappa shape index (κ1) is 13.5. The van der Waals surface area contributed by atoms with E-state index in [0.717, 1.165) is 6.92 Å². The lowest BCUT2D eigenvalue weighted by molar-refractivity contribution is -0.141. The fourth-order valence-corrected chi connectivity index (χ4v) is 1.43. The number of carbonyl (C=O) groups is 1. The predicted octanol–water partition coefficient (Wildman–Crippen LogP) is 3.85. The second-order valence-electron chi connectivity index (χ2n) is 3.31. The molecule has 0 fully saturated rings. The highest BCUT2D eigenvalue weighted by Gasteiger charge is 2.38. The van der Waals surface area contributed by atoms with Gasteiger partial charge in [0.2, 0.25) is 0 Å². The van der Waals surface area contributed by atoms with Crippen LogP contribution in [0.15, 0.2) is 12.1 Å². The van der Waals surface area contributed by atoms with Crippen LogP contribution in [0.1, 0.15) is 27.0 Å². The highest BCUT2D eigenvalue weighted by Crippen LogP contribution is 2.38. The van der Waals surface area contributed by atoms with E-state index in [4.69, 9.17) is 0 Å². The second-order valence-corrected chi connectivity index (χ2v) is 3.31. The molecule has 0 N–H and O–H groups in total. The van der Waals surface area contributed by atoms with Gasteiger partial charge >= 0.3 is 12.4 Å². The molecule has 1 nitrogen and oxygen atoms in total. The molecule has 0 saturated heterocycles. The van der Waals surface area contributed by atoms with Crippen LogP contribution in [0.4, 0.5) is 26.3 Å². The predicted molar refractivity (Wildman–Crippen MR) is 46.6 cm³/mol. The average molecular weight is 256 g/mol. The molecule has 0 saturated carbocycles. The Morgan fingerprint density at radius 3 is 1.71 bits per heavy atom. The summed E-state index contributed by atoms with van der Waals surface area (Å²) in [5.41, 5.74) is -4.31. The van der Waals surface area contributed by atoms with Gasteiger partial charge in [-0.1, -0.05) is 0 Å². The number of rotatable bonds is 1. The van der Waals surface area contributed by atoms with Crippen molar-refractivity contribution in [1.82, 2.24) is 0 Å². The van der Waals surface area contributed by atoms with Crippen molar-refractivity contribution in [2.75, 3.05) is 0 Å². The maximum atomic E-state index is 12.4. The summed E-state index contributed by atoms with van der Waals surface area (Å²) >= 11 is 0. The molecule has 1 aromatic carbocycles. The molecule has 0 aliphatic carbocycles. The van der Waals surface area contributed by atoms with Crippen LogP contribution < -0.4 is 0 Å². The lowest BCUT2D eigenvalue weighted by Crippen LogP contribution is -2.15. The number of hydrogen-bond acceptors (Lipinski definition) is 1. The van der Waals surface area contributed by atoms with Crippen molar-refractivity contribution in [1.29, 1.82) is 0 Å². The molecule has 17 heavy (non-hydrogen) atoms. The first-order valence-electron chi connectivity index (χ1n) is 4.32. The van der Waals surface area contributed by atoms with Crippen LogP contribution in [0, 0.1) is 6.92 Å². The molecule has 1 rings (SSSR count). The molecule has 1 aromatic rings. The van der Waals surface area contributed by atoms with Gasteiger partial charge in [-0.15, -0.1) is 0 Å². The Morgan fingerprint density at radius 2 is 1.35 bits per heavy atom. The molecule has 0 aromatic heterocycles. The van der Waals surface area contributed by atoms with Crippen LogP contribution in [0.25, 0.3) is 0 Å². The van der Waals surface area contributed by atoms with Gasteiger partial charge in [0.15, 0.2) is 6.29 Å². The quantitative estimate of drug-likeness (QED) is 0.551. The van der Waals surface area contributed by atoms with Gasteiger partial charge in [0, 0.05) is 5.56 Å². The Bertz CT molecular complexity index is 443. The van der Waals surface area contributed by atoms with E-state index >= 15 is 0 Å². The minimum absolute atomic E-state index is 0.215. The van der Waals surface area contributed by atoms with Gasteiger partial charge in [-0.25, -0.2) is 0 Å². The Hall–Kier alpha value is -1.53. The maximum absolute atomic E-state index is 12.4. The van der Waals surface area contributed by atoms with Gasteiger partial charge in [0.25, 0.3) is 0 Å². The van der Waals surface area contributed by atoms with Gasteiger partial charge in [-0.3, -0.25) is 4.79 Å². The molecule has 0 radical (unpaired) electrons. The van der Waals surface area contributed by atoms with E-state index in [0.29, 0.717) is 6.07 Å². The molecule has 0 spiro atoms. The molecule has 0 bridgehead atoms. The van der Waals surface area contributed by atoms with Crippen molar-refractivity contribution in [3.8, 4) is 0 Å².